The van der Waals surface area contributed by atoms with Crippen molar-refractivity contribution < 1.29 is 10.2 Å². The lowest BCUT2D eigenvalue weighted by Gasteiger charge is -2.14. The van der Waals surface area contributed by atoms with Crippen LogP contribution < -0.4 is 0 Å². The van der Waals surface area contributed by atoms with Crippen LogP contribution in [0, 0.1) is 0 Å². The van der Waals surface area contributed by atoms with Gasteiger partial charge in [-0.1, -0.05) is 65.8 Å². The van der Waals surface area contributed by atoms with Gasteiger partial charge in [0.15, 0.2) is 0 Å². The summed E-state index contributed by atoms with van der Waals surface area (Å²) in [5.74, 6) is 1.39. The Hall–Kier alpha value is -3.40. The maximum atomic E-state index is 10.8. The van der Waals surface area contributed by atoms with Gasteiger partial charge in [-0.05, 0) is 84.0 Å². The molecule has 0 aliphatic heterocycles. The molecule has 0 bridgehead atoms. The molecule has 2 unspecified atom stereocenters. The van der Waals surface area contributed by atoms with E-state index in [0.717, 1.165) is 47.9 Å². The van der Waals surface area contributed by atoms with Gasteiger partial charge in [0.05, 0.1) is 11.4 Å². The number of hydrogen-bond donors (Lipinski definition) is 2. The fourth-order valence-corrected chi connectivity index (χ4v) is 4.23. The van der Waals surface area contributed by atoms with Crippen molar-refractivity contribution in [3.05, 3.63) is 81.9 Å². The van der Waals surface area contributed by atoms with Crippen molar-refractivity contribution in [1.29, 1.82) is 0 Å². The Balaban J connectivity index is 1.99. The van der Waals surface area contributed by atoms with Crippen LogP contribution in [-0.2, 0) is 12.8 Å². The zero-order chi connectivity index (χ0) is 26.2. The summed E-state index contributed by atoms with van der Waals surface area (Å²) in [5, 5.41) is 21.6. The quantitative estimate of drug-likeness (QED) is 0.282. The Labute approximate surface area is 216 Å². The molecule has 0 spiro atoms. The Morgan fingerprint density at radius 3 is 1.39 bits per heavy atom. The summed E-state index contributed by atoms with van der Waals surface area (Å²) in [6.45, 7) is 12.8. The van der Waals surface area contributed by atoms with Gasteiger partial charge < -0.3 is 10.2 Å². The predicted molar refractivity (Wildman–Crippen MR) is 153 cm³/mol. The number of rotatable bonds is 10. The van der Waals surface area contributed by atoms with E-state index in [-0.39, 0.29) is 11.5 Å². The molecule has 4 nitrogen and oxygen atoms in total. The summed E-state index contributed by atoms with van der Waals surface area (Å²) in [6, 6.07) is 15.9. The van der Waals surface area contributed by atoms with Crippen LogP contribution in [0.25, 0.3) is 0 Å². The van der Waals surface area contributed by atoms with Crippen molar-refractivity contribution in [1.82, 2.24) is 0 Å². The minimum absolute atomic E-state index is 0.285. The molecule has 190 valence electrons. The van der Waals surface area contributed by atoms with E-state index in [1.165, 1.54) is 11.1 Å². The Kier molecular flexibility index (Phi) is 9.46. The standard InChI is InChI=1S/C32H40N2O2/c1-7-21(5)25-15-23(9-3)31(35)27(17-25)19-33-29-13-11-12-14-30(29)34-20-28-18-26(22(6)8-2)16-24(10-4)32(28)36/h11-22,35-36H,7-10H2,1-6H3. The molecule has 4 heteroatoms. The van der Waals surface area contributed by atoms with Crippen LogP contribution in [0.1, 0.15) is 99.6 Å². The topological polar surface area (TPSA) is 65.2 Å². The van der Waals surface area contributed by atoms with Gasteiger partial charge in [0.1, 0.15) is 11.5 Å². The van der Waals surface area contributed by atoms with Crippen molar-refractivity contribution in [3.8, 4) is 11.5 Å². The molecule has 0 saturated carbocycles. The van der Waals surface area contributed by atoms with E-state index in [1.54, 1.807) is 12.4 Å². The smallest absolute Gasteiger partial charge is 0.127 e. The number of phenols is 2. The molecule has 3 rings (SSSR count). The highest BCUT2D eigenvalue weighted by atomic mass is 16.3. The fraction of sp³-hybridized carbons (Fsp3) is 0.375. The molecular formula is C32H40N2O2. The maximum absolute atomic E-state index is 10.8. The molecule has 2 atom stereocenters. The maximum Gasteiger partial charge on any atom is 0.127 e. The van der Waals surface area contributed by atoms with E-state index in [4.69, 9.17) is 9.98 Å². The third-order valence-corrected chi connectivity index (χ3v) is 7.17. The molecular weight excluding hydrogens is 444 g/mol. The third-order valence-electron chi connectivity index (χ3n) is 7.17. The zero-order valence-corrected chi connectivity index (χ0v) is 22.5. The number of hydrogen-bond acceptors (Lipinski definition) is 4. The SMILES string of the molecule is CCc1cc(C(C)CC)cc(C=Nc2ccccc2N=Cc2cc(C(C)CC)cc(CC)c2O)c1O. The molecule has 0 aliphatic carbocycles. The van der Waals surface area contributed by atoms with Crippen molar-refractivity contribution >= 4 is 23.8 Å². The van der Waals surface area contributed by atoms with Crippen LogP contribution in [0.4, 0.5) is 11.4 Å². The Morgan fingerprint density at radius 2 is 1.06 bits per heavy atom. The number of aryl methyl sites for hydroxylation is 2. The van der Waals surface area contributed by atoms with E-state index in [2.05, 4.69) is 53.7 Å². The highest BCUT2D eigenvalue weighted by Crippen LogP contribution is 2.33. The summed E-state index contributed by atoms with van der Waals surface area (Å²) < 4.78 is 0. The molecule has 0 radical (unpaired) electrons. The lowest BCUT2D eigenvalue weighted by Crippen LogP contribution is -1.98. The van der Waals surface area contributed by atoms with Crippen molar-refractivity contribution in [2.24, 2.45) is 9.98 Å². The Morgan fingerprint density at radius 1 is 0.667 bits per heavy atom. The molecule has 0 fully saturated rings. The van der Waals surface area contributed by atoms with Gasteiger partial charge in [-0.25, -0.2) is 0 Å². The van der Waals surface area contributed by atoms with Crippen molar-refractivity contribution in [3.63, 3.8) is 0 Å². The summed E-state index contributed by atoms with van der Waals surface area (Å²) in [7, 11) is 0. The monoisotopic (exact) mass is 484 g/mol. The van der Waals surface area contributed by atoms with Gasteiger partial charge in [0.2, 0.25) is 0 Å². The van der Waals surface area contributed by atoms with Crippen molar-refractivity contribution in [2.45, 2.75) is 79.1 Å². The highest BCUT2D eigenvalue weighted by Gasteiger charge is 2.13. The highest BCUT2D eigenvalue weighted by molar-refractivity contribution is 5.90. The molecule has 0 amide bonds. The normalized spacial score (nSPS) is 13.5. The number of aromatic hydroxyl groups is 2. The largest absolute Gasteiger partial charge is 0.507 e. The summed E-state index contributed by atoms with van der Waals surface area (Å²) in [6.07, 6.45) is 7.04. The van der Waals surface area contributed by atoms with Gasteiger partial charge in [0, 0.05) is 23.6 Å². The molecule has 0 aliphatic rings. The summed E-state index contributed by atoms with van der Waals surface area (Å²) in [4.78, 5) is 9.41. The number of para-hydroxylation sites is 2. The number of phenolic OH excluding ortho intramolecular Hbond substituents is 2. The summed E-state index contributed by atoms with van der Waals surface area (Å²) in [5.41, 5.74) is 7.13. The lowest BCUT2D eigenvalue weighted by atomic mass is 9.93. The van der Waals surface area contributed by atoms with Gasteiger partial charge in [-0.15, -0.1) is 0 Å². The minimum Gasteiger partial charge on any atom is -0.507 e. The molecule has 3 aromatic rings. The number of benzene rings is 3. The first-order valence-electron chi connectivity index (χ1n) is 13.2. The van der Waals surface area contributed by atoms with Crippen LogP contribution in [0.2, 0.25) is 0 Å². The first kappa shape index (κ1) is 27.2. The first-order valence-corrected chi connectivity index (χ1v) is 13.2. The molecule has 2 N–H and O–H groups in total. The average Bonchev–Trinajstić information content (AvgIpc) is 2.91. The van der Waals surface area contributed by atoms with Gasteiger partial charge >= 0.3 is 0 Å². The van der Waals surface area contributed by atoms with E-state index in [0.29, 0.717) is 23.2 Å². The second kappa shape index (κ2) is 12.5. The van der Waals surface area contributed by atoms with Crippen molar-refractivity contribution in [2.75, 3.05) is 0 Å². The molecule has 3 aromatic carbocycles. The van der Waals surface area contributed by atoms with E-state index in [1.807, 2.05) is 36.4 Å². The van der Waals surface area contributed by atoms with E-state index < -0.39 is 0 Å². The fourth-order valence-electron chi connectivity index (χ4n) is 4.23. The molecule has 0 aromatic heterocycles. The van der Waals surface area contributed by atoms with Crippen LogP contribution >= 0.6 is 0 Å². The molecule has 0 heterocycles. The van der Waals surface area contributed by atoms with Crippen LogP contribution in [0.5, 0.6) is 11.5 Å². The Bertz CT molecular complexity index is 1150. The lowest BCUT2D eigenvalue weighted by molar-refractivity contribution is 0.467. The van der Waals surface area contributed by atoms with Gasteiger partial charge in [-0.3, -0.25) is 9.98 Å². The van der Waals surface area contributed by atoms with Crippen LogP contribution in [0.3, 0.4) is 0 Å². The summed E-state index contributed by atoms with van der Waals surface area (Å²) >= 11 is 0. The van der Waals surface area contributed by atoms with E-state index in [9.17, 15) is 10.2 Å². The predicted octanol–water partition coefficient (Wildman–Crippen LogP) is 8.75. The third kappa shape index (κ3) is 6.23. The second-order valence-electron chi connectivity index (χ2n) is 9.57. The zero-order valence-electron chi connectivity index (χ0n) is 22.5. The van der Waals surface area contributed by atoms with E-state index >= 15 is 0 Å². The van der Waals surface area contributed by atoms with Gasteiger partial charge in [-0.2, -0.15) is 0 Å². The van der Waals surface area contributed by atoms with Crippen LogP contribution in [-0.4, -0.2) is 22.6 Å². The van der Waals surface area contributed by atoms with Gasteiger partial charge in [0.25, 0.3) is 0 Å². The average molecular weight is 485 g/mol. The first-order chi connectivity index (χ1) is 17.3. The van der Waals surface area contributed by atoms with Crippen LogP contribution in [0.15, 0.2) is 58.5 Å². The number of nitrogens with zero attached hydrogens (tertiary/aromatic N) is 2. The molecule has 36 heavy (non-hydrogen) atoms. The second-order valence-corrected chi connectivity index (χ2v) is 9.57. The molecule has 0 saturated heterocycles. The number of aliphatic imine (C=N–C) groups is 2. The minimum atomic E-state index is 0.285.